The molecule has 1 amide bonds. The molecule has 0 radical (unpaired) electrons. The van der Waals surface area contributed by atoms with Crippen LogP contribution in [0.15, 0.2) is 87.0 Å². The summed E-state index contributed by atoms with van der Waals surface area (Å²) in [4.78, 5) is 17.0. The van der Waals surface area contributed by atoms with Crippen LogP contribution in [0.3, 0.4) is 0 Å². The van der Waals surface area contributed by atoms with Crippen molar-refractivity contribution >= 4 is 42.6 Å². The van der Waals surface area contributed by atoms with Crippen molar-refractivity contribution in [3.05, 3.63) is 72.8 Å². The number of hydrogen-bond acceptors (Lipinski definition) is 7. The van der Waals surface area contributed by atoms with Crippen LogP contribution in [-0.2, 0) is 24.7 Å². The Hall–Kier alpha value is -3.54. The molecule has 4 aromatic rings. The van der Waals surface area contributed by atoms with Gasteiger partial charge in [0, 0.05) is 36.5 Å². The molecule has 1 aliphatic heterocycles. The number of rotatable bonds is 6. The molecule has 0 saturated carbocycles. The summed E-state index contributed by atoms with van der Waals surface area (Å²) in [6, 6.07) is 20.2. The smallest absolute Gasteiger partial charge is 0.244 e. The molecular weight excluding hydrogens is 514 g/mol. The summed E-state index contributed by atoms with van der Waals surface area (Å²) >= 11 is 0. The highest BCUT2D eigenvalue weighted by Crippen LogP contribution is 2.30. The number of hydrogen-bond donors (Lipinski definition) is 1. The summed E-state index contributed by atoms with van der Waals surface area (Å²) in [5, 5.41) is 2.91. The maximum Gasteiger partial charge on any atom is 0.244 e. The van der Waals surface area contributed by atoms with Crippen molar-refractivity contribution in [3.63, 3.8) is 0 Å². The second kappa shape index (κ2) is 9.73. The van der Waals surface area contributed by atoms with Gasteiger partial charge in [0.1, 0.15) is 10.4 Å². The van der Waals surface area contributed by atoms with E-state index < -0.39 is 19.9 Å². The maximum absolute atomic E-state index is 13.2. The van der Waals surface area contributed by atoms with E-state index in [-0.39, 0.29) is 34.7 Å². The Kier molecular flexibility index (Phi) is 6.61. The molecule has 1 N–H and O–H groups in total. The molecule has 0 aliphatic carbocycles. The zero-order chi connectivity index (χ0) is 26.2. The van der Waals surface area contributed by atoms with Crippen LogP contribution in [0.1, 0.15) is 12.8 Å². The van der Waals surface area contributed by atoms with Gasteiger partial charge in [-0.2, -0.15) is 4.31 Å². The van der Waals surface area contributed by atoms with E-state index in [1.165, 1.54) is 28.6 Å². The van der Waals surface area contributed by atoms with Crippen LogP contribution in [0.5, 0.6) is 0 Å². The van der Waals surface area contributed by atoms with E-state index in [0.29, 0.717) is 30.0 Å². The fourth-order valence-corrected chi connectivity index (χ4v) is 7.51. The Labute approximate surface area is 215 Å². The first kappa shape index (κ1) is 25.1. The van der Waals surface area contributed by atoms with Crippen LogP contribution < -0.4 is 5.32 Å². The number of benzene rings is 3. The van der Waals surface area contributed by atoms with Crippen molar-refractivity contribution < 1.29 is 26.0 Å². The summed E-state index contributed by atoms with van der Waals surface area (Å²) in [7, 11) is -7.75. The predicted octanol–water partition coefficient (Wildman–Crippen LogP) is 3.94. The number of aromatic nitrogens is 1. The Morgan fingerprint density at radius 2 is 1.59 bits per heavy atom. The molecule has 0 bridgehead atoms. The van der Waals surface area contributed by atoms with E-state index in [9.17, 15) is 21.6 Å². The summed E-state index contributed by atoms with van der Waals surface area (Å²) < 4.78 is 57.7. The summed E-state index contributed by atoms with van der Waals surface area (Å²) in [6.07, 6.45) is 1.62. The topological polar surface area (TPSA) is 127 Å². The van der Waals surface area contributed by atoms with Crippen LogP contribution in [0.4, 0.5) is 5.69 Å². The van der Waals surface area contributed by atoms with Gasteiger partial charge < -0.3 is 9.73 Å². The first-order chi connectivity index (χ1) is 17.6. The highest BCUT2D eigenvalue weighted by atomic mass is 32.2. The molecule has 192 valence electrons. The third-order valence-electron chi connectivity index (χ3n) is 6.36. The molecule has 3 aromatic carbocycles. The van der Waals surface area contributed by atoms with Crippen molar-refractivity contribution in [2.75, 3.05) is 24.7 Å². The number of carbonyl (C=O) groups excluding carboxylic acids is 1. The number of nitrogens with zero attached hydrogens (tertiary/aromatic N) is 2. The number of amides is 1. The predicted molar refractivity (Wildman–Crippen MR) is 139 cm³/mol. The number of sulfonamides is 1. The molecule has 1 aliphatic rings. The number of nitrogens with one attached hydrogen (secondary N) is 1. The van der Waals surface area contributed by atoms with E-state index in [4.69, 9.17) is 4.42 Å². The lowest BCUT2D eigenvalue weighted by molar-refractivity contribution is -0.120. The van der Waals surface area contributed by atoms with Gasteiger partial charge >= 0.3 is 0 Å². The Morgan fingerprint density at radius 1 is 0.919 bits per heavy atom. The van der Waals surface area contributed by atoms with E-state index in [1.807, 2.05) is 30.3 Å². The molecule has 37 heavy (non-hydrogen) atoms. The van der Waals surface area contributed by atoms with Crippen LogP contribution in [0.2, 0.25) is 0 Å². The van der Waals surface area contributed by atoms with Crippen molar-refractivity contribution in [2.45, 2.75) is 22.6 Å². The average molecular weight is 540 g/mol. The van der Waals surface area contributed by atoms with E-state index in [1.54, 1.807) is 18.2 Å². The number of para-hydroxylation sites is 2. The number of carbonyl (C=O) groups is 1. The SMILES string of the molecule is CS(=O)(=O)c1ccccc1S(=O)(=O)N1CCC(C(=O)Nc2cccc(-c3nc4ccccc4o3)c2)CC1. The van der Waals surface area contributed by atoms with Crippen LogP contribution >= 0.6 is 0 Å². The van der Waals surface area contributed by atoms with Crippen molar-refractivity contribution in [1.29, 1.82) is 0 Å². The van der Waals surface area contributed by atoms with Gasteiger partial charge in [0.25, 0.3) is 0 Å². The Morgan fingerprint density at radius 3 is 2.30 bits per heavy atom. The quantitative estimate of drug-likeness (QED) is 0.393. The normalized spacial score (nSPS) is 15.6. The van der Waals surface area contributed by atoms with E-state index in [2.05, 4.69) is 10.3 Å². The molecule has 0 atom stereocenters. The molecule has 11 heteroatoms. The molecule has 1 saturated heterocycles. The summed E-state index contributed by atoms with van der Waals surface area (Å²) in [5.74, 6) is -0.141. The van der Waals surface area contributed by atoms with Gasteiger partial charge in [0.2, 0.25) is 21.8 Å². The number of sulfone groups is 1. The fourth-order valence-electron chi connectivity index (χ4n) is 4.44. The Bertz CT molecular complexity index is 1660. The molecule has 5 rings (SSSR count). The molecule has 9 nitrogen and oxygen atoms in total. The van der Waals surface area contributed by atoms with Crippen molar-refractivity contribution in [3.8, 4) is 11.5 Å². The lowest BCUT2D eigenvalue weighted by Crippen LogP contribution is -2.41. The Balaban J connectivity index is 1.26. The monoisotopic (exact) mass is 539 g/mol. The number of fused-ring (bicyclic) bond motifs is 1. The first-order valence-corrected chi connectivity index (χ1v) is 15.0. The standard InChI is InChI=1S/C26H25N3O6S2/c1-36(31,32)23-11-4-5-12-24(23)37(33,34)29-15-13-18(14-16-29)25(30)27-20-8-6-7-19(17-20)26-28-21-9-2-3-10-22(21)35-26/h2-12,17-18H,13-16H2,1H3,(H,27,30). The second-order valence-corrected chi connectivity index (χ2v) is 12.8. The fraction of sp³-hybridized carbons (Fsp3) is 0.231. The summed E-state index contributed by atoms with van der Waals surface area (Å²) in [6.45, 7) is 0.225. The lowest BCUT2D eigenvalue weighted by atomic mass is 9.97. The van der Waals surface area contributed by atoms with Gasteiger partial charge in [-0.1, -0.05) is 30.3 Å². The average Bonchev–Trinajstić information content (AvgIpc) is 3.33. The number of piperidine rings is 1. The van der Waals surface area contributed by atoms with Gasteiger partial charge in [-0.3, -0.25) is 4.79 Å². The van der Waals surface area contributed by atoms with Gasteiger partial charge in [-0.25, -0.2) is 21.8 Å². The lowest BCUT2D eigenvalue weighted by Gasteiger charge is -2.31. The molecule has 0 unspecified atom stereocenters. The van der Waals surface area contributed by atoms with Crippen molar-refractivity contribution in [2.24, 2.45) is 5.92 Å². The van der Waals surface area contributed by atoms with E-state index in [0.717, 1.165) is 17.3 Å². The molecular formula is C26H25N3O6S2. The van der Waals surface area contributed by atoms with Crippen molar-refractivity contribution in [1.82, 2.24) is 9.29 Å². The molecule has 2 heterocycles. The zero-order valence-electron chi connectivity index (χ0n) is 20.0. The van der Waals surface area contributed by atoms with Gasteiger partial charge in [0.05, 0.1) is 4.90 Å². The highest BCUT2D eigenvalue weighted by molar-refractivity contribution is 7.93. The second-order valence-electron chi connectivity index (χ2n) is 8.95. The van der Waals surface area contributed by atoms with Crippen LogP contribution in [-0.4, -0.2) is 51.4 Å². The molecule has 1 aromatic heterocycles. The van der Waals surface area contributed by atoms with Gasteiger partial charge in [-0.15, -0.1) is 0 Å². The minimum atomic E-state index is -4.03. The minimum absolute atomic E-state index is 0.113. The third kappa shape index (κ3) is 5.15. The summed E-state index contributed by atoms with van der Waals surface area (Å²) in [5.41, 5.74) is 2.72. The zero-order valence-corrected chi connectivity index (χ0v) is 21.6. The highest BCUT2D eigenvalue weighted by Gasteiger charge is 2.34. The molecule has 1 fully saturated rings. The van der Waals surface area contributed by atoms with Crippen LogP contribution in [0.25, 0.3) is 22.6 Å². The largest absolute Gasteiger partial charge is 0.436 e. The van der Waals surface area contributed by atoms with Gasteiger partial charge in [0.15, 0.2) is 15.4 Å². The third-order valence-corrected chi connectivity index (χ3v) is 9.60. The van der Waals surface area contributed by atoms with Gasteiger partial charge in [-0.05, 0) is 55.3 Å². The van der Waals surface area contributed by atoms with Crippen LogP contribution in [0, 0.1) is 5.92 Å². The minimum Gasteiger partial charge on any atom is -0.436 e. The molecule has 0 spiro atoms. The number of oxazole rings is 1. The maximum atomic E-state index is 13.2. The van der Waals surface area contributed by atoms with E-state index >= 15 is 0 Å². The first-order valence-electron chi connectivity index (χ1n) is 11.7. The number of anilines is 1.